The van der Waals surface area contributed by atoms with Crippen LogP contribution in [0.3, 0.4) is 0 Å². The van der Waals surface area contributed by atoms with Crippen LogP contribution < -0.4 is 0 Å². The van der Waals surface area contributed by atoms with Gasteiger partial charge < -0.3 is 9.47 Å². The highest BCUT2D eigenvalue weighted by Gasteiger charge is 2.52. The molecule has 0 saturated carbocycles. The molecule has 0 rings (SSSR count). The van der Waals surface area contributed by atoms with Gasteiger partial charge in [0.2, 0.25) is 0 Å². The van der Waals surface area contributed by atoms with E-state index in [4.69, 9.17) is 9.47 Å². The molecule has 0 bridgehead atoms. The van der Waals surface area contributed by atoms with Crippen molar-refractivity contribution in [1.82, 2.24) is 0 Å². The highest BCUT2D eigenvalue weighted by Crippen LogP contribution is 2.43. The summed E-state index contributed by atoms with van der Waals surface area (Å²) in [5.41, 5.74) is -1.77. The maximum absolute atomic E-state index is 11.7. The first kappa shape index (κ1) is 13.9. The summed E-state index contributed by atoms with van der Waals surface area (Å²) in [7, 11) is 2.64. The van der Waals surface area contributed by atoms with E-state index in [1.807, 2.05) is 6.92 Å². The van der Waals surface area contributed by atoms with Gasteiger partial charge in [-0.1, -0.05) is 6.92 Å². The van der Waals surface area contributed by atoms with Crippen LogP contribution in [-0.4, -0.2) is 26.2 Å². The van der Waals surface area contributed by atoms with Gasteiger partial charge in [0.25, 0.3) is 0 Å². The standard InChI is InChI=1S/C11H20O4/c1-7-11(4,9(13)15-6)10(2,3)8(12)14-5/h7H2,1-6H3. The Hall–Kier alpha value is -1.06. The van der Waals surface area contributed by atoms with Crippen LogP contribution in [0.5, 0.6) is 0 Å². The fourth-order valence-corrected chi connectivity index (χ4v) is 1.55. The van der Waals surface area contributed by atoms with Gasteiger partial charge in [-0.3, -0.25) is 9.59 Å². The van der Waals surface area contributed by atoms with Gasteiger partial charge in [0.05, 0.1) is 25.0 Å². The van der Waals surface area contributed by atoms with E-state index in [2.05, 4.69) is 0 Å². The number of rotatable bonds is 4. The van der Waals surface area contributed by atoms with E-state index in [0.29, 0.717) is 6.42 Å². The van der Waals surface area contributed by atoms with Crippen molar-refractivity contribution >= 4 is 11.9 Å². The molecule has 0 aliphatic carbocycles. The second-order valence-corrected chi connectivity index (χ2v) is 4.29. The van der Waals surface area contributed by atoms with Crippen LogP contribution >= 0.6 is 0 Å². The third-order valence-corrected chi connectivity index (χ3v) is 3.42. The van der Waals surface area contributed by atoms with Gasteiger partial charge in [-0.25, -0.2) is 0 Å². The Morgan fingerprint density at radius 2 is 1.40 bits per heavy atom. The summed E-state index contributed by atoms with van der Waals surface area (Å²) in [6.45, 7) is 6.95. The average Bonchev–Trinajstić information content (AvgIpc) is 2.24. The second kappa shape index (κ2) is 4.64. The number of hydrogen-bond acceptors (Lipinski definition) is 4. The summed E-state index contributed by atoms with van der Waals surface area (Å²) < 4.78 is 9.45. The molecule has 0 aromatic carbocycles. The zero-order chi connectivity index (χ0) is 12.3. The fraction of sp³-hybridized carbons (Fsp3) is 0.818. The Labute approximate surface area is 90.9 Å². The Morgan fingerprint density at radius 3 is 1.67 bits per heavy atom. The van der Waals surface area contributed by atoms with Crippen molar-refractivity contribution in [2.75, 3.05) is 14.2 Å². The van der Waals surface area contributed by atoms with Crippen LogP contribution in [0.2, 0.25) is 0 Å². The predicted molar refractivity (Wildman–Crippen MR) is 56.2 cm³/mol. The van der Waals surface area contributed by atoms with Crippen molar-refractivity contribution in [3.8, 4) is 0 Å². The lowest BCUT2D eigenvalue weighted by Crippen LogP contribution is -2.47. The van der Waals surface area contributed by atoms with Gasteiger partial charge in [-0.15, -0.1) is 0 Å². The van der Waals surface area contributed by atoms with E-state index < -0.39 is 16.8 Å². The molecule has 1 atom stereocenters. The molecule has 0 saturated heterocycles. The molecule has 0 amide bonds. The van der Waals surface area contributed by atoms with Crippen LogP contribution in [0.25, 0.3) is 0 Å². The zero-order valence-corrected chi connectivity index (χ0v) is 10.3. The minimum absolute atomic E-state index is 0.389. The lowest BCUT2D eigenvalue weighted by atomic mass is 9.65. The van der Waals surface area contributed by atoms with Gasteiger partial charge in [0, 0.05) is 0 Å². The lowest BCUT2D eigenvalue weighted by Gasteiger charge is -2.38. The number of carbonyl (C=O) groups is 2. The van der Waals surface area contributed by atoms with Gasteiger partial charge in [0.15, 0.2) is 0 Å². The first-order chi connectivity index (χ1) is 6.77. The van der Waals surface area contributed by atoms with Crippen molar-refractivity contribution in [1.29, 1.82) is 0 Å². The maximum atomic E-state index is 11.7. The number of ether oxygens (including phenoxy) is 2. The van der Waals surface area contributed by atoms with Gasteiger partial charge in [-0.05, 0) is 27.2 Å². The summed E-state index contributed by atoms with van der Waals surface area (Å²) in [5, 5.41) is 0. The van der Waals surface area contributed by atoms with Crippen LogP contribution in [0.1, 0.15) is 34.1 Å². The highest BCUT2D eigenvalue weighted by molar-refractivity contribution is 5.87. The van der Waals surface area contributed by atoms with Gasteiger partial charge in [-0.2, -0.15) is 0 Å². The molecule has 0 aromatic heterocycles. The lowest BCUT2D eigenvalue weighted by molar-refractivity contribution is -0.174. The first-order valence-electron chi connectivity index (χ1n) is 4.94. The SMILES string of the molecule is CCC(C)(C(=O)OC)C(C)(C)C(=O)OC. The molecule has 0 fully saturated rings. The minimum Gasteiger partial charge on any atom is -0.469 e. The van der Waals surface area contributed by atoms with E-state index in [-0.39, 0.29) is 5.97 Å². The molecule has 0 radical (unpaired) electrons. The molecule has 4 nitrogen and oxygen atoms in total. The molecule has 0 N–H and O–H groups in total. The van der Waals surface area contributed by atoms with Crippen molar-refractivity contribution < 1.29 is 19.1 Å². The molecule has 0 aliphatic rings. The smallest absolute Gasteiger partial charge is 0.312 e. The number of esters is 2. The number of methoxy groups -OCH3 is 2. The van der Waals surface area contributed by atoms with Crippen molar-refractivity contribution in [2.45, 2.75) is 34.1 Å². The van der Waals surface area contributed by atoms with E-state index in [0.717, 1.165) is 0 Å². The van der Waals surface area contributed by atoms with Crippen molar-refractivity contribution in [2.24, 2.45) is 10.8 Å². The third kappa shape index (κ3) is 2.13. The van der Waals surface area contributed by atoms with Crippen molar-refractivity contribution in [3.63, 3.8) is 0 Å². The molecule has 1 unspecified atom stereocenters. The number of carbonyl (C=O) groups excluding carboxylic acids is 2. The molecule has 0 heterocycles. The van der Waals surface area contributed by atoms with Crippen LogP contribution in [0, 0.1) is 10.8 Å². The minimum atomic E-state index is -0.899. The molecule has 88 valence electrons. The Balaban J connectivity index is 5.27. The van der Waals surface area contributed by atoms with Crippen LogP contribution in [0.15, 0.2) is 0 Å². The largest absolute Gasteiger partial charge is 0.469 e. The van der Waals surface area contributed by atoms with Gasteiger partial charge in [0.1, 0.15) is 0 Å². The molecule has 0 spiro atoms. The highest BCUT2D eigenvalue weighted by atomic mass is 16.5. The molecule has 0 aliphatic heterocycles. The second-order valence-electron chi connectivity index (χ2n) is 4.29. The predicted octanol–water partition coefficient (Wildman–Crippen LogP) is 1.77. The monoisotopic (exact) mass is 216 g/mol. The quantitative estimate of drug-likeness (QED) is 0.672. The Kier molecular flexibility index (Phi) is 4.31. The number of hydrogen-bond donors (Lipinski definition) is 0. The fourth-order valence-electron chi connectivity index (χ4n) is 1.55. The normalized spacial score (nSPS) is 15.3. The summed E-state index contributed by atoms with van der Waals surface area (Å²) in [4.78, 5) is 23.3. The van der Waals surface area contributed by atoms with Gasteiger partial charge >= 0.3 is 11.9 Å². The first-order valence-corrected chi connectivity index (χ1v) is 4.94. The van der Waals surface area contributed by atoms with E-state index >= 15 is 0 Å². The molecule has 4 heteroatoms. The van der Waals surface area contributed by atoms with Crippen LogP contribution in [-0.2, 0) is 19.1 Å². The third-order valence-electron chi connectivity index (χ3n) is 3.42. The zero-order valence-electron chi connectivity index (χ0n) is 10.3. The molecule has 15 heavy (non-hydrogen) atoms. The summed E-state index contributed by atoms with van der Waals surface area (Å²) in [6.07, 6.45) is 0.516. The summed E-state index contributed by atoms with van der Waals surface area (Å²) >= 11 is 0. The van der Waals surface area contributed by atoms with Crippen LogP contribution in [0.4, 0.5) is 0 Å². The Bertz CT molecular complexity index is 257. The summed E-state index contributed by atoms with van der Waals surface area (Å²) in [6, 6.07) is 0. The van der Waals surface area contributed by atoms with E-state index in [1.165, 1.54) is 14.2 Å². The Morgan fingerprint density at radius 1 is 1.00 bits per heavy atom. The summed E-state index contributed by atoms with van der Waals surface area (Å²) in [5.74, 6) is -0.794. The average molecular weight is 216 g/mol. The van der Waals surface area contributed by atoms with Crippen molar-refractivity contribution in [3.05, 3.63) is 0 Å². The molecule has 0 aromatic rings. The molecular weight excluding hydrogens is 196 g/mol. The van der Waals surface area contributed by atoms with E-state index in [9.17, 15) is 9.59 Å². The maximum Gasteiger partial charge on any atom is 0.312 e. The molecular formula is C11H20O4. The van der Waals surface area contributed by atoms with E-state index in [1.54, 1.807) is 20.8 Å². The topological polar surface area (TPSA) is 52.6 Å².